The van der Waals surface area contributed by atoms with Crippen LogP contribution in [0.5, 0.6) is 0 Å². The van der Waals surface area contributed by atoms with Crippen LogP contribution in [0.3, 0.4) is 0 Å². The van der Waals surface area contributed by atoms with E-state index in [2.05, 4.69) is 5.32 Å². The maximum absolute atomic E-state index is 14.6. The van der Waals surface area contributed by atoms with Crippen molar-refractivity contribution in [1.82, 2.24) is 10.2 Å². The minimum absolute atomic E-state index is 0.0880. The van der Waals surface area contributed by atoms with Gasteiger partial charge in [0, 0.05) is 19.5 Å². The third-order valence-corrected chi connectivity index (χ3v) is 10.0. The Bertz CT molecular complexity index is 1750. The molecule has 0 aromatic heterocycles. The Morgan fingerprint density at radius 1 is 0.761 bits per heavy atom. The third-order valence-electron chi connectivity index (χ3n) is 8.22. The first-order chi connectivity index (χ1) is 21.9. The summed E-state index contributed by atoms with van der Waals surface area (Å²) in [5, 5.41) is 3.03. The molecule has 4 aromatic rings. The van der Waals surface area contributed by atoms with Gasteiger partial charge in [-0.2, -0.15) is 0 Å². The first kappa shape index (κ1) is 34.4. The molecule has 1 N–H and O–H groups in total. The largest absolute Gasteiger partial charge is 0.354 e. The fraction of sp³-hybridized carbons (Fsp3) is 0.316. The van der Waals surface area contributed by atoms with Gasteiger partial charge in [-0.3, -0.25) is 13.9 Å². The second-order valence-electron chi connectivity index (χ2n) is 12.4. The molecule has 0 aliphatic carbocycles. The Morgan fingerprint density at radius 3 is 2.04 bits per heavy atom. The Labute approximate surface area is 274 Å². The van der Waals surface area contributed by atoms with E-state index in [1.165, 1.54) is 4.31 Å². The van der Waals surface area contributed by atoms with Crippen molar-refractivity contribution in [2.24, 2.45) is 5.92 Å². The Kier molecular flexibility index (Phi) is 11.4. The highest BCUT2D eigenvalue weighted by Crippen LogP contribution is 2.27. The average Bonchev–Trinajstić information content (AvgIpc) is 3.03. The zero-order valence-corrected chi connectivity index (χ0v) is 28.5. The topological polar surface area (TPSA) is 86.8 Å². The molecular formula is C38H45N3O4S. The summed E-state index contributed by atoms with van der Waals surface area (Å²) in [5.41, 5.74) is 5.97. The third kappa shape index (κ3) is 8.63. The molecule has 7 nitrogen and oxygen atoms in total. The van der Waals surface area contributed by atoms with Crippen molar-refractivity contribution in [3.05, 3.63) is 130 Å². The SMILES string of the molecule is Cc1ccc(S(=O)(=O)N(CC(=O)N(Cc2ccccc2C)[C@H](Cc2ccccc2)C(=O)NCC(C)C)c2ccc(C)c(C)c2)cc1. The zero-order chi connectivity index (χ0) is 33.4. The van der Waals surface area contributed by atoms with Crippen LogP contribution in [0.2, 0.25) is 0 Å². The Hall–Kier alpha value is -4.43. The van der Waals surface area contributed by atoms with Crippen LogP contribution in [0, 0.1) is 33.6 Å². The molecule has 4 rings (SSSR count). The van der Waals surface area contributed by atoms with Crippen molar-refractivity contribution in [2.75, 3.05) is 17.4 Å². The average molecular weight is 640 g/mol. The van der Waals surface area contributed by atoms with Gasteiger partial charge in [-0.25, -0.2) is 8.42 Å². The number of benzene rings is 4. The molecular weight excluding hydrogens is 595 g/mol. The van der Waals surface area contributed by atoms with Gasteiger partial charge in [0.25, 0.3) is 10.0 Å². The number of carbonyl (C=O) groups excluding carboxylic acids is 2. The van der Waals surface area contributed by atoms with Gasteiger partial charge in [0.05, 0.1) is 10.6 Å². The van der Waals surface area contributed by atoms with Gasteiger partial charge in [-0.15, -0.1) is 0 Å². The summed E-state index contributed by atoms with van der Waals surface area (Å²) in [4.78, 5) is 30.2. The molecule has 8 heteroatoms. The standard InChI is InChI=1S/C38H45N3O4S/c1-27(2)24-39-38(43)36(23-32-13-8-7-9-14-32)40(25-33-15-11-10-12-30(33)5)37(42)26-41(34-19-18-29(4)31(6)22-34)46(44,45)35-20-16-28(3)17-21-35/h7-22,27,36H,23-26H2,1-6H3,(H,39,43)/t36-/m1/s1. The molecule has 0 heterocycles. The maximum atomic E-state index is 14.6. The van der Waals surface area contributed by atoms with Crippen LogP contribution in [0.1, 0.15) is 47.2 Å². The molecule has 2 amide bonds. The van der Waals surface area contributed by atoms with Crippen LogP contribution < -0.4 is 9.62 Å². The Morgan fingerprint density at radius 2 is 1.41 bits per heavy atom. The lowest BCUT2D eigenvalue weighted by Gasteiger charge is -2.34. The van der Waals surface area contributed by atoms with E-state index in [9.17, 15) is 18.0 Å². The number of hydrogen-bond donors (Lipinski definition) is 1. The van der Waals surface area contributed by atoms with Crippen LogP contribution >= 0.6 is 0 Å². The van der Waals surface area contributed by atoms with E-state index in [-0.39, 0.29) is 29.7 Å². The number of amides is 2. The number of carbonyl (C=O) groups is 2. The molecule has 0 unspecified atom stereocenters. The molecule has 0 aliphatic heterocycles. The predicted molar refractivity (Wildman–Crippen MR) is 185 cm³/mol. The minimum Gasteiger partial charge on any atom is -0.354 e. The molecule has 0 saturated carbocycles. The summed E-state index contributed by atoms with van der Waals surface area (Å²) in [6.45, 7) is 11.9. The predicted octanol–water partition coefficient (Wildman–Crippen LogP) is 6.53. The lowest BCUT2D eigenvalue weighted by molar-refractivity contribution is -0.140. The van der Waals surface area contributed by atoms with E-state index in [1.54, 1.807) is 41.3 Å². The number of aryl methyl sites for hydroxylation is 4. The van der Waals surface area contributed by atoms with Crippen LogP contribution in [0.25, 0.3) is 0 Å². The lowest BCUT2D eigenvalue weighted by Crippen LogP contribution is -2.53. The van der Waals surface area contributed by atoms with Gasteiger partial charge < -0.3 is 10.2 Å². The van der Waals surface area contributed by atoms with Crippen molar-refractivity contribution in [3.63, 3.8) is 0 Å². The molecule has 4 aromatic carbocycles. The molecule has 46 heavy (non-hydrogen) atoms. The highest BCUT2D eigenvalue weighted by Gasteiger charge is 2.35. The van der Waals surface area contributed by atoms with Crippen LogP contribution in [0.4, 0.5) is 5.69 Å². The van der Waals surface area contributed by atoms with E-state index < -0.39 is 28.5 Å². The summed E-state index contributed by atoms with van der Waals surface area (Å²) in [6.07, 6.45) is 0.275. The van der Waals surface area contributed by atoms with Crippen molar-refractivity contribution >= 4 is 27.5 Å². The molecule has 0 bridgehead atoms. The van der Waals surface area contributed by atoms with Gasteiger partial charge in [0.1, 0.15) is 12.6 Å². The summed E-state index contributed by atoms with van der Waals surface area (Å²) in [7, 11) is -4.15. The van der Waals surface area contributed by atoms with Crippen molar-refractivity contribution in [2.45, 2.75) is 65.4 Å². The monoisotopic (exact) mass is 639 g/mol. The molecule has 0 fully saturated rings. The lowest BCUT2D eigenvalue weighted by atomic mass is 10.0. The first-order valence-electron chi connectivity index (χ1n) is 15.7. The van der Waals surface area contributed by atoms with Gasteiger partial charge in [-0.05, 0) is 85.7 Å². The van der Waals surface area contributed by atoms with E-state index >= 15 is 0 Å². The quantitative estimate of drug-likeness (QED) is 0.180. The fourth-order valence-electron chi connectivity index (χ4n) is 5.19. The van der Waals surface area contributed by atoms with Gasteiger partial charge in [-0.1, -0.05) is 92.2 Å². The molecule has 0 spiro atoms. The van der Waals surface area contributed by atoms with Gasteiger partial charge in [0.15, 0.2) is 0 Å². The first-order valence-corrected chi connectivity index (χ1v) is 17.1. The molecule has 0 aliphatic rings. The number of hydrogen-bond acceptors (Lipinski definition) is 4. The minimum atomic E-state index is -4.15. The fourth-order valence-corrected chi connectivity index (χ4v) is 6.60. The zero-order valence-electron chi connectivity index (χ0n) is 27.7. The van der Waals surface area contributed by atoms with E-state index in [1.807, 2.05) is 102 Å². The summed E-state index contributed by atoms with van der Waals surface area (Å²) in [6, 6.07) is 28.4. The van der Waals surface area contributed by atoms with Crippen molar-refractivity contribution < 1.29 is 18.0 Å². The second-order valence-corrected chi connectivity index (χ2v) is 14.2. The number of anilines is 1. The number of nitrogens with zero attached hydrogens (tertiary/aromatic N) is 2. The summed E-state index contributed by atoms with van der Waals surface area (Å²) >= 11 is 0. The highest BCUT2D eigenvalue weighted by molar-refractivity contribution is 7.92. The van der Waals surface area contributed by atoms with Crippen molar-refractivity contribution in [3.8, 4) is 0 Å². The van der Waals surface area contributed by atoms with Crippen LogP contribution in [-0.2, 0) is 32.6 Å². The normalized spacial score (nSPS) is 12.1. The van der Waals surface area contributed by atoms with E-state index in [0.29, 0.717) is 12.2 Å². The van der Waals surface area contributed by atoms with Crippen LogP contribution in [0.15, 0.2) is 102 Å². The second kappa shape index (κ2) is 15.2. The highest BCUT2D eigenvalue weighted by atomic mass is 32.2. The van der Waals surface area contributed by atoms with Crippen molar-refractivity contribution in [1.29, 1.82) is 0 Å². The number of nitrogens with one attached hydrogen (secondary N) is 1. The molecule has 0 radical (unpaired) electrons. The van der Waals surface area contributed by atoms with Gasteiger partial charge >= 0.3 is 0 Å². The van der Waals surface area contributed by atoms with E-state index in [0.717, 1.165) is 33.4 Å². The summed E-state index contributed by atoms with van der Waals surface area (Å²) < 4.78 is 29.7. The van der Waals surface area contributed by atoms with Gasteiger partial charge in [0.2, 0.25) is 11.8 Å². The Balaban J connectivity index is 1.82. The molecule has 0 saturated heterocycles. The smallest absolute Gasteiger partial charge is 0.264 e. The van der Waals surface area contributed by atoms with E-state index in [4.69, 9.17) is 0 Å². The molecule has 1 atom stereocenters. The van der Waals surface area contributed by atoms with Crippen LogP contribution in [-0.4, -0.2) is 44.3 Å². The number of rotatable bonds is 13. The summed E-state index contributed by atoms with van der Waals surface area (Å²) in [5.74, 6) is -0.543. The molecule has 242 valence electrons. The maximum Gasteiger partial charge on any atom is 0.264 e. The number of sulfonamides is 1.